The number of fused-ring (bicyclic) bond motifs is 1. The van der Waals surface area contributed by atoms with Crippen molar-refractivity contribution < 1.29 is 18.0 Å². The van der Waals surface area contributed by atoms with E-state index in [-0.39, 0.29) is 30.1 Å². The van der Waals surface area contributed by atoms with Crippen LogP contribution >= 0.6 is 0 Å². The third-order valence-corrected chi connectivity index (χ3v) is 5.25. The second-order valence-corrected chi connectivity index (χ2v) is 9.35. The molecule has 1 aromatic carbocycles. The fourth-order valence-electron chi connectivity index (χ4n) is 3.87. The molecule has 0 bridgehead atoms. The minimum Gasteiger partial charge on any atom is -0.376 e. The lowest BCUT2D eigenvalue weighted by molar-refractivity contribution is -0.141. The highest BCUT2D eigenvalue weighted by Crippen LogP contribution is 2.38. The molecule has 1 aliphatic heterocycles. The first-order chi connectivity index (χ1) is 14.1. The van der Waals surface area contributed by atoms with Crippen LogP contribution in [0, 0.1) is 19.3 Å². The van der Waals surface area contributed by atoms with Gasteiger partial charge in [0.15, 0.2) is 5.69 Å². The number of anilines is 2. The highest BCUT2D eigenvalue weighted by Gasteiger charge is 2.41. The molecule has 4 radical (unpaired) electrons. The molecule has 162 valence electrons. The van der Waals surface area contributed by atoms with Gasteiger partial charge in [0.05, 0.1) is 22.2 Å². The van der Waals surface area contributed by atoms with Crippen molar-refractivity contribution in [3.63, 3.8) is 0 Å². The molecule has 10 heteroatoms. The Hall–Kier alpha value is -2.38. The summed E-state index contributed by atoms with van der Waals surface area (Å²) in [6.07, 6.45) is -4.20. The quantitative estimate of drug-likeness (QED) is 0.756. The maximum absolute atomic E-state index is 13.1. The molecule has 0 atom stereocenters. The first kappa shape index (κ1) is 23.3. The van der Waals surface area contributed by atoms with E-state index < -0.39 is 17.2 Å². The normalized spacial score (nSPS) is 16.2. The molecular formula is C21H25B2F3N4O. The van der Waals surface area contributed by atoms with Crippen molar-refractivity contribution in [3.05, 3.63) is 40.7 Å². The highest BCUT2D eigenvalue weighted by atomic mass is 19.4. The zero-order chi connectivity index (χ0) is 23.4. The number of aryl methyl sites for hydroxylation is 2. The van der Waals surface area contributed by atoms with E-state index >= 15 is 0 Å². The van der Waals surface area contributed by atoms with Crippen LogP contribution in [0.1, 0.15) is 49.7 Å². The average molecular weight is 428 g/mol. The van der Waals surface area contributed by atoms with Crippen molar-refractivity contribution in [1.29, 1.82) is 0 Å². The molecule has 3 rings (SSSR count). The Morgan fingerprint density at radius 3 is 2.23 bits per heavy atom. The van der Waals surface area contributed by atoms with Gasteiger partial charge in [-0.25, -0.2) is 0 Å². The molecule has 1 aliphatic rings. The number of carbonyl (C=O) groups is 1. The third kappa shape index (κ3) is 4.77. The van der Waals surface area contributed by atoms with Crippen LogP contribution in [0.2, 0.25) is 0 Å². The molecule has 2 aromatic rings. The number of hydrogen-bond donors (Lipinski definition) is 1. The number of nitrogens with one attached hydrogen (secondary N) is 1. The molecule has 0 aliphatic carbocycles. The number of alkyl halides is 3. The van der Waals surface area contributed by atoms with E-state index in [2.05, 4.69) is 10.4 Å². The van der Waals surface area contributed by atoms with Crippen LogP contribution in [0.25, 0.3) is 0 Å². The van der Waals surface area contributed by atoms with Gasteiger partial charge in [0.1, 0.15) is 0 Å². The van der Waals surface area contributed by atoms with E-state index in [0.717, 1.165) is 17.2 Å². The third-order valence-electron chi connectivity index (χ3n) is 5.25. The lowest BCUT2D eigenvalue weighted by atomic mass is 9.57. The topological polar surface area (TPSA) is 50.2 Å². The molecule has 5 nitrogen and oxygen atoms in total. The first-order valence-corrected chi connectivity index (χ1v) is 10.0. The zero-order valence-electron chi connectivity index (χ0n) is 18.4. The van der Waals surface area contributed by atoms with Gasteiger partial charge in [0.25, 0.3) is 0 Å². The van der Waals surface area contributed by atoms with Crippen LogP contribution in [0.4, 0.5) is 24.5 Å². The Labute approximate surface area is 183 Å². The SMILES string of the molecule is [B]C1([B])c2cc(C(F)(F)F)nn2CCN1c1cc(C)c(NC(=O)CC(C)(C)C)c(C)c1. The summed E-state index contributed by atoms with van der Waals surface area (Å²) in [6.45, 7) is 10.2. The van der Waals surface area contributed by atoms with E-state index in [0.29, 0.717) is 17.8 Å². The summed E-state index contributed by atoms with van der Waals surface area (Å²) in [4.78, 5) is 14.0. The van der Waals surface area contributed by atoms with Crippen molar-refractivity contribution in [2.45, 2.75) is 59.1 Å². The monoisotopic (exact) mass is 428 g/mol. The number of amides is 1. The van der Waals surface area contributed by atoms with E-state index in [1.54, 1.807) is 4.90 Å². The summed E-state index contributed by atoms with van der Waals surface area (Å²) in [5.41, 5.74) is 1.91. The number of halogens is 3. The summed E-state index contributed by atoms with van der Waals surface area (Å²) in [5.74, 6) is -0.0833. The van der Waals surface area contributed by atoms with Crippen LogP contribution in [0.5, 0.6) is 0 Å². The highest BCUT2D eigenvalue weighted by molar-refractivity contribution is 6.41. The number of aromatic nitrogens is 2. The second kappa shape index (κ2) is 7.64. The number of carbonyl (C=O) groups excluding carboxylic acids is 1. The predicted octanol–water partition coefficient (Wildman–Crippen LogP) is 3.86. The molecule has 1 amide bonds. The molecule has 0 spiro atoms. The lowest BCUT2D eigenvalue weighted by Crippen LogP contribution is -2.54. The molecule has 0 fully saturated rings. The largest absolute Gasteiger partial charge is 0.435 e. The molecule has 0 unspecified atom stereocenters. The summed E-state index contributed by atoms with van der Waals surface area (Å²) < 4.78 is 40.5. The fourth-order valence-corrected chi connectivity index (χ4v) is 3.87. The number of rotatable bonds is 3. The minimum atomic E-state index is -4.58. The van der Waals surface area contributed by atoms with Gasteiger partial charge in [-0.05, 0) is 48.6 Å². The lowest BCUT2D eigenvalue weighted by Gasteiger charge is -2.46. The first-order valence-electron chi connectivity index (χ1n) is 10.0. The van der Waals surface area contributed by atoms with Crippen LogP contribution in [0.15, 0.2) is 18.2 Å². The molecule has 1 N–H and O–H groups in total. The van der Waals surface area contributed by atoms with Crippen LogP contribution in [-0.4, -0.2) is 37.9 Å². The van der Waals surface area contributed by atoms with Crippen LogP contribution in [0.3, 0.4) is 0 Å². The van der Waals surface area contributed by atoms with Gasteiger partial charge in [0, 0.05) is 35.4 Å². The van der Waals surface area contributed by atoms with E-state index in [9.17, 15) is 18.0 Å². The standard InChI is InChI=1S/C21H25B2F3N4O/c1-12-8-14(9-13(2)18(12)27-17(31)11-19(3,4)5)29-6-7-30-16(20(29,22)23)10-15(28-30)21(24,25)26/h8-10H,6-7,11H2,1-5H3,(H,27,31). The Balaban J connectivity index is 1.91. The summed E-state index contributed by atoms with van der Waals surface area (Å²) in [6, 6.07) is 4.54. The fraction of sp³-hybridized carbons (Fsp3) is 0.524. The molecule has 1 aromatic heterocycles. The van der Waals surface area contributed by atoms with E-state index in [1.807, 2.05) is 46.8 Å². The number of benzene rings is 1. The van der Waals surface area contributed by atoms with Crippen molar-refractivity contribution >= 4 is 33.0 Å². The molecule has 31 heavy (non-hydrogen) atoms. The smallest absolute Gasteiger partial charge is 0.376 e. The maximum atomic E-state index is 13.1. The summed E-state index contributed by atoms with van der Waals surface area (Å²) in [5, 5.41) is 4.90. The average Bonchev–Trinajstić information content (AvgIpc) is 3.02. The Kier molecular flexibility index (Phi) is 5.74. The van der Waals surface area contributed by atoms with Gasteiger partial charge in [-0.3, -0.25) is 9.48 Å². The second-order valence-electron chi connectivity index (χ2n) is 9.35. The molecule has 2 heterocycles. The van der Waals surface area contributed by atoms with Gasteiger partial charge in [0.2, 0.25) is 5.91 Å². The van der Waals surface area contributed by atoms with Crippen LogP contribution < -0.4 is 10.2 Å². The zero-order valence-corrected chi connectivity index (χ0v) is 18.4. The van der Waals surface area contributed by atoms with Gasteiger partial charge in [-0.15, -0.1) is 0 Å². The Bertz CT molecular complexity index is 986. The Morgan fingerprint density at radius 1 is 1.13 bits per heavy atom. The number of nitrogens with zero attached hydrogens (tertiary/aromatic N) is 3. The summed E-state index contributed by atoms with van der Waals surface area (Å²) in [7, 11) is 12.6. The van der Waals surface area contributed by atoms with Crippen molar-refractivity contribution in [3.8, 4) is 0 Å². The summed E-state index contributed by atoms with van der Waals surface area (Å²) >= 11 is 0. The van der Waals surface area contributed by atoms with Gasteiger partial charge >= 0.3 is 6.18 Å². The molecule has 0 saturated heterocycles. The van der Waals surface area contributed by atoms with Gasteiger partial charge < -0.3 is 10.2 Å². The molecular weight excluding hydrogens is 403 g/mol. The van der Waals surface area contributed by atoms with Gasteiger partial charge in [-0.2, -0.15) is 18.3 Å². The van der Waals surface area contributed by atoms with Crippen molar-refractivity contribution in [2.24, 2.45) is 5.41 Å². The predicted molar refractivity (Wildman–Crippen MR) is 116 cm³/mol. The van der Waals surface area contributed by atoms with Gasteiger partial charge in [-0.1, -0.05) is 20.8 Å². The minimum absolute atomic E-state index is 0.0833. The Morgan fingerprint density at radius 2 is 1.71 bits per heavy atom. The van der Waals surface area contributed by atoms with Crippen molar-refractivity contribution in [1.82, 2.24) is 9.78 Å². The number of hydrogen-bond acceptors (Lipinski definition) is 3. The molecule has 0 saturated carbocycles. The van der Waals surface area contributed by atoms with Crippen molar-refractivity contribution in [2.75, 3.05) is 16.8 Å². The van der Waals surface area contributed by atoms with E-state index in [4.69, 9.17) is 15.7 Å². The van der Waals surface area contributed by atoms with E-state index in [1.165, 1.54) is 4.68 Å². The maximum Gasteiger partial charge on any atom is 0.435 e. The van der Waals surface area contributed by atoms with Crippen LogP contribution in [-0.2, 0) is 22.9 Å².